The van der Waals surface area contributed by atoms with Gasteiger partial charge in [-0.3, -0.25) is 4.90 Å². The fraction of sp³-hybridized carbons (Fsp3) is 0.381. The van der Waals surface area contributed by atoms with Gasteiger partial charge in [-0.05, 0) is 49.2 Å². The number of halogens is 1. The number of hydrogen-bond acceptors (Lipinski definition) is 7. The summed E-state index contributed by atoms with van der Waals surface area (Å²) in [4.78, 5) is 11.4. The molecule has 1 aromatic carbocycles. The molecule has 1 atom stereocenters. The van der Waals surface area contributed by atoms with Crippen LogP contribution in [-0.4, -0.2) is 46.8 Å². The monoisotopic (exact) mass is 413 g/mol. The maximum Gasteiger partial charge on any atom is 0.244 e. The van der Waals surface area contributed by atoms with Crippen LogP contribution in [0.25, 0.3) is 11.4 Å². The zero-order valence-corrected chi connectivity index (χ0v) is 17.1. The summed E-state index contributed by atoms with van der Waals surface area (Å²) in [5.74, 6) is 2.02. The summed E-state index contributed by atoms with van der Waals surface area (Å²) < 4.78 is 10.6. The highest BCUT2D eigenvalue weighted by Crippen LogP contribution is 2.33. The molecule has 7 nitrogen and oxygen atoms in total. The molecule has 4 rings (SSSR count). The minimum atomic E-state index is 0.134. The van der Waals surface area contributed by atoms with Gasteiger partial charge in [-0.25, -0.2) is 4.98 Å². The number of benzene rings is 1. The van der Waals surface area contributed by atoms with Gasteiger partial charge in [-0.15, -0.1) is 0 Å². The van der Waals surface area contributed by atoms with Crippen LogP contribution in [0.2, 0.25) is 5.02 Å². The topological polar surface area (TPSA) is 76.3 Å². The van der Waals surface area contributed by atoms with E-state index in [0.29, 0.717) is 24.9 Å². The Morgan fingerprint density at radius 1 is 1.24 bits per heavy atom. The lowest BCUT2D eigenvalue weighted by Crippen LogP contribution is -2.23. The van der Waals surface area contributed by atoms with Gasteiger partial charge in [0.15, 0.2) is 0 Å². The van der Waals surface area contributed by atoms with Crippen molar-refractivity contribution in [2.45, 2.75) is 25.4 Å². The van der Waals surface area contributed by atoms with Gasteiger partial charge < -0.3 is 14.6 Å². The van der Waals surface area contributed by atoms with Crippen LogP contribution in [0.4, 0.5) is 5.82 Å². The van der Waals surface area contributed by atoms with Crippen LogP contribution in [-0.2, 0) is 11.3 Å². The lowest BCUT2D eigenvalue weighted by atomic mass is 10.2. The summed E-state index contributed by atoms with van der Waals surface area (Å²) in [6.07, 6.45) is 3.87. The van der Waals surface area contributed by atoms with Crippen LogP contribution in [0, 0.1) is 0 Å². The van der Waals surface area contributed by atoms with Gasteiger partial charge in [0.25, 0.3) is 0 Å². The van der Waals surface area contributed by atoms with Crippen molar-refractivity contribution in [2.75, 3.05) is 32.1 Å². The molecule has 3 heterocycles. The van der Waals surface area contributed by atoms with E-state index in [1.165, 1.54) is 5.56 Å². The van der Waals surface area contributed by atoms with Gasteiger partial charge in [0.05, 0.1) is 12.6 Å². The Morgan fingerprint density at radius 2 is 2.10 bits per heavy atom. The summed E-state index contributed by atoms with van der Waals surface area (Å²) in [7, 11) is 1.67. The molecule has 1 aliphatic heterocycles. The van der Waals surface area contributed by atoms with Crippen LogP contribution >= 0.6 is 11.6 Å². The molecule has 0 amide bonds. The highest BCUT2D eigenvalue weighted by molar-refractivity contribution is 6.30. The van der Waals surface area contributed by atoms with Crippen molar-refractivity contribution in [3.63, 3.8) is 0 Å². The molecule has 2 aromatic heterocycles. The molecular weight excluding hydrogens is 390 g/mol. The van der Waals surface area contributed by atoms with Crippen molar-refractivity contribution < 1.29 is 9.26 Å². The zero-order chi connectivity index (χ0) is 20.1. The average molecular weight is 414 g/mol. The van der Waals surface area contributed by atoms with Crippen LogP contribution in [0.5, 0.6) is 0 Å². The number of anilines is 1. The van der Waals surface area contributed by atoms with E-state index in [4.69, 9.17) is 20.9 Å². The van der Waals surface area contributed by atoms with Crippen LogP contribution < -0.4 is 5.32 Å². The average Bonchev–Trinajstić information content (AvgIpc) is 3.40. The Kier molecular flexibility index (Phi) is 6.39. The minimum Gasteiger partial charge on any atom is -0.383 e. The highest BCUT2D eigenvalue weighted by Gasteiger charge is 2.30. The van der Waals surface area contributed by atoms with E-state index >= 15 is 0 Å². The number of ether oxygens (including phenoxy) is 1. The van der Waals surface area contributed by atoms with Crippen LogP contribution in [0.3, 0.4) is 0 Å². The van der Waals surface area contributed by atoms with Crippen molar-refractivity contribution in [2.24, 2.45) is 0 Å². The molecule has 0 aliphatic carbocycles. The van der Waals surface area contributed by atoms with E-state index < -0.39 is 0 Å². The number of nitrogens with one attached hydrogen (secondary N) is 1. The van der Waals surface area contributed by atoms with E-state index in [9.17, 15) is 0 Å². The van der Waals surface area contributed by atoms with E-state index in [-0.39, 0.29) is 6.04 Å². The summed E-state index contributed by atoms with van der Waals surface area (Å²) in [5, 5.41) is 8.12. The van der Waals surface area contributed by atoms with Crippen LogP contribution in [0.15, 0.2) is 47.1 Å². The SMILES string of the molecule is COCCNc1ccc(-c2noc([C@@H]3CCCN3Cc3ccc(Cl)cc3)n2)cn1. The molecular formula is C21H24ClN5O2. The first-order valence-electron chi connectivity index (χ1n) is 9.74. The normalized spacial score (nSPS) is 17.0. The third kappa shape index (κ3) is 4.93. The molecule has 1 N–H and O–H groups in total. The molecule has 1 fully saturated rings. The predicted octanol–water partition coefficient (Wildman–Crippen LogP) is 4.18. The smallest absolute Gasteiger partial charge is 0.244 e. The number of methoxy groups -OCH3 is 1. The quantitative estimate of drug-likeness (QED) is 0.555. The van der Waals surface area contributed by atoms with Gasteiger partial charge in [0.2, 0.25) is 11.7 Å². The Balaban J connectivity index is 1.43. The number of pyridine rings is 1. The first-order chi connectivity index (χ1) is 14.2. The molecule has 29 heavy (non-hydrogen) atoms. The maximum atomic E-state index is 5.99. The second-order valence-corrected chi connectivity index (χ2v) is 7.50. The first kappa shape index (κ1) is 19.8. The van der Waals surface area contributed by atoms with Crippen molar-refractivity contribution >= 4 is 17.4 Å². The molecule has 0 radical (unpaired) electrons. The van der Waals surface area contributed by atoms with Crippen molar-refractivity contribution in [1.29, 1.82) is 0 Å². The van der Waals surface area contributed by atoms with Gasteiger partial charge in [0.1, 0.15) is 5.82 Å². The van der Waals surface area contributed by atoms with E-state index in [0.717, 1.165) is 42.3 Å². The fourth-order valence-corrected chi connectivity index (χ4v) is 3.65. The van der Waals surface area contributed by atoms with E-state index in [1.54, 1.807) is 13.3 Å². The van der Waals surface area contributed by atoms with Gasteiger partial charge in [-0.1, -0.05) is 28.9 Å². The van der Waals surface area contributed by atoms with E-state index in [1.807, 2.05) is 24.3 Å². The minimum absolute atomic E-state index is 0.134. The summed E-state index contributed by atoms with van der Waals surface area (Å²) >= 11 is 5.99. The molecule has 3 aromatic rings. The zero-order valence-electron chi connectivity index (χ0n) is 16.3. The molecule has 0 saturated carbocycles. The first-order valence-corrected chi connectivity index (χ1v) is 10.1. The summed E-state index contributed by atoms with van der Waals surface area (Å²) in [6, 6.07) is 12.0. The lowest BCUT2D eigenvalue weighted by Gasteiger charge is -2.21. The number of nitrogens with zero attached hydrogens (tertiary/aromatic N) is 4. The molecule has 152 valence electrons. The van der Waals surface area contributed by atoms with Crippen molar-refractivity contribution in [3.05, 3.63) is 59.1 Å². The summed E-state index contributed by atoms with van der Waals surface area (Å²) in [5.41, 5.74) is 2.06. The second kappa shape index (κ2) is 9.35. The van der Waals surface area contributed by atoms with Crippen molar-refractivity contribution in [3.8, 4) is 11.4 Å². The third-order valence-electron chi connectivity index (χ3n) is 5.02. The number of hydrogen-bond donors (Lipinski definition) is 1. The number of rotatable bonds is 8. The Labute approximate surface area is 175 Å². The maximum absolute atomic E-state index is 5.99. The Morgan fingerprint density at radius 3 is 2.86 bits per heavy atom. The van der Waals surface area contributed by atoms with Crippen LogP contribution in [0.1, 0.15) is 30.3 Å². The number of aromatic nitrogens is 3. The Bertz CT molecular complexity index is 914. The number of likely N-dealkylation sites (tertiary alicyclic amines) is 1. The molecule has 0 spiro atoms. The molecule has 1 aliphatic rings. The molecule has 1 saturated heterocycles. The highest BCUT2D eigenvalue weighted by atomic mass is 35.5. The second-order valence-electron chi connectivity index (χ2n) is 7.06. The van der Waals surface area contributed by atoms with E-state index in [2.05, 4.69) is 37.5 Å². The third-order valence-corrected chi connectivity index (χ3v) is 5.28. The van der Waals surface area contributed by atoms with Crippen molar-refractivity contribution in [1.82, 2.24) is 20.0 Å². The van der Waals surface area contributed by atoms with Gasteiger partial charge in [0, 0.05) is 37.0 Å². The molecule has 0 unspecified atom stereocenters. The van der Waals surface area contributed by atoms with Gasteiger partial charge in [-0.2, -0.15) is 4.98 Å². The summed E-state index contributed by atoms with van der Waals surface area (Å²) in [6.45, 7) is 3.18. The molecule has 8 heteroatoms. The molecule has 0 bridgehead atoms. The lowest BCUT2D eigenvalue weighted by molar-refractivity contribution is 0.201. The standard InChI is InChI=1S/C21H24ClN5O2/c1-28-12-10-23-19-9-6-16(13-24-19)20-25-21(29-26-20)18-3-2-11-27(18)14-15-4-7-17(22)8-5-15/h4-9,13,18H,2-3,10-12,14H2,1H3,(H,23,24)/t18-/m0/s1. The largest absolute Gasteiger partial charge is 0.383 e. The van der Waals surface area contributed by atoms with Gasteiger partial charge >= 0.3 is 0 Å². The Hall–Kier alpha value is -2.48. The predicted molar refractivity (Wildman–Crippen MR) is 112 cm³/mol. The fourth-order valence-electron chi connectivity index (χ4n) is 3.52.